The van der Waals surface area contributed by atoms with Gasteiger partial charge in [-0.15, -0.1) is 0 Å². The minimum atomic E-state index is 0.0974. The zero-order chi connectivity index (χ0) is 13.1. The summed E-state index contributed by atoms with van der Waals surface area (Å²) in [7, 11) is 0. The van der Waals surface area contributed by atoms with Gasteiger partial charge in [-0.2, -0.15) is 9.97 Å². The summed E-state index contributed by atoms with van der Waals surface area (Å²) in [4.78, 5) is 11.5. The molecule has 18 heavy (non-hydrogen) atoms. The van der Waals surface area contributed by atoms with Crippen LogP contribution < -0.4 is 10.5 Å². The molecule has 0 aromatic carbocycles. The average Bonchev–Trinajstić information content (AvgIpc) is 2.67. The fourth-order valence-electron chi connectivity index (χ4n) is 1.76. The van der Waals surface area contributed by atoms with Crippen LogP contribution in [0.4, 0.5) is 5.82 Å². The molecule has 2 aromatic rings. The molecule has 5 nitrogen and oxygen atoms in total. The molecule has 0 spiro atoms. The van der Waals surface area contributed by atoms with Crippen molar-refractivity contribution in [2.24, 2.45) is 0 Å². The Labute approximate surface area is 114 Å². The van der Waals surface area contributed by atoms with E-state index in [9.17, 15) is 0 Å². The highest BCUT2D eigenvalue weighted by Crippen LogP contribution is 2.24. The standard InChI is InChI=1S/C12H17BrN4O/c1-3-4-5-7(2)18-12-16-10(14)8-6-9(13)15-11(8)17-12/h6-7H,3-5H2,1-2H3,(H3,14,15,16,17). The van der Waals surface area contributed by atoms with Crippen molar-refractivity contribution in [1.82, 2.24) is 15.0 Å². The number of hydrogen-bond donors (Lipinski definition) is 2. The lowest BCUT2D eigenvalue weighted by Gasteiger charge is -2.12. The monoisotopic (exact) mass is 312 g/mol. The number of aromatic nitrogens is 3. The molecule has 0 aliphatic carbocycles. The highest BCUT2D eigenvalue weighted by atomic mass is 79.9. The van der Waals surface area contributed by atoms with E-state index in [1.807, 2.05) is 13.0 Å². The van der Waals surface area contributed by atoms with Gasteiger partial charge in [0.05, 0.1) is 16.1 Å². The summed E-state index contributed by atoms with van der Waals surface area (Å²) in [5.41, 5.74) is 6.56. The van der Waals surface area contributed by atoms with Gasteiger partial charge in [-0.3, -0.25) is 0 Å². The van der Waals surface area contributed by atoms with E-state index in [2.05, 4.69) is 37.8 Å². The summed E-state index contributed by atoms with van der Waals surface area (Å²) in [6.45, 7) is 4.17. The molecule has 1 unspecified atom stereocenters. The maximum atomic E-state index is 5.87. The van der Waals surface area contributed by atoms with Crippen molar-refractivity contribution in [2.75, 3.05) is 5.73 Å². The number of H-pyrrole nitrogens is 1. The zero-order valence-electron chi connectivity index (χ0n) is 10.5. The van der Waals surface area contributed by atoms with Crippen molar-refractivity contribution in [3.63, 3.8) is 0 Å². The lowest BCUT2D eigenvalue weighted by molar-refractivity contribution is 0.191. The lowest BCUT2D eigenvalue weighted by Crippen LogP contribution is -2.13. The summed E-state index contributed by atoms with van der Waals surface area (Å²) in [6.07, 6.45) is 3.37. The fraction of sp³-hybridized carbons (Fsp3) is 0.500. The molecule has 0 aliphatic rings. The van der Waals surface area contributed by atoms with Crippen molar-refractivity contribution in [1.29, 1.82) is 0 Å². The molecule has 6 heteroatoms. The lowest BCUT2D eigenvalue weighted by atomic mass is 10.2. The minimum absolute atomic E-state index is 0.0974. The number of ether oxygens (including phenoxy) is 1. The number of hydrogen-bond acceptors (Lipinski definition) is 4. The van der Waals surface area contributed by atoms with E-state index in [-0.39, 0.29) is 6.10 Å². The van der Waals surface area contributed by atoms with Crippen LogP contribution >= 0.6 is 15.9 Å². The van der Waals surface area contributed by atoms with E-state index >= 15 is 0 Å². The third-order valence-corrected chi connectivity index (χ3v) is 3.16. The van der Waals surface area contributed by atoms with Gasteiger partial charge >= 0.3 is 6.01 Å². The molecule has 0 saturated heterocycles. The van der Waals surface area contributed by atoms with Gasteiger partial charge in [-0.25, -0.2) is 0 Å². The first-order valence-corrected chi connectivity index (χ1v) is 6.87. The summed E-state index contributed by atoms with van der Waals surface area (Å²) in [5.74, 6) is 0.430. The Balaban J connectivity index is 2.18. The zero-order valence-corrected chi connectivity index (χ0v) is 12.1. The SMILES string of the molecule is CCCCC(C)Oc1nc(N)c2cc(Br)[nH]c2n1. The van der Waals surface area contributed by atoms with Gasteiger partial charge < -0.3 is 15.5 Å². The third kappa shape index (κ3) is 2.93. The second kappa shape index (κ2) is 5.56. The van der Waals surface area contributed by atoms with Gasteiger partial charge in [0.25, 0.3) is 0 Å². The molecule has 0 amide bonds. The maximum absolute atomic E-state index is 5.87. The number of nitrogens with zero attached hydrogens (tertiary/aromatic N) is 2. The second-order valence-corrected chi connectivity index (χ2v) is 5.20. The first-order chi connectivity index (χ1) is 8.60. The molecule has 2 heterocycles. The summed E-state index contributed by atoms with van der Waals surface area (Å²) >= 11 is 3.35. The van der Waals surface area contributed by atoms with E-state index in [0.717, 1.165) is 29.3 Å². The minimum Gasteiger partial charge on any atom is -0.460 e. The first kappa shape index (κ1) is 13.1. The topological polar surface area (TPSA) is 76.8 Å². The van der Waals surface area contributed by atoms with Crippen molar-refractivity contribution in [3.05, 3.63) is 10.7 Å². The van der Waals surface area contributed by atoms with Crippen LogP contribution in [-0.4, -0.2) is 21.1 Å². The van der Waals surface area contributed by atoms with Gasteiger partial charge in [0.15, 0.2) is 0 Å². The molecule has 3 N–H and O–H groups in total. The molecule has 2 aromatic heterocycles. The molecule has 0 radical (unpaired) electrons. The Bertz CT molecular complexity index is 540. The predicted molar refractivity (Wildman–Crippen MR) is 75.6 cm³/mol. The number of nitrogen functional groups attached to an aromatic ring is 1. The summed E-state index contributed by atoms with van der Waals surface area (Å²) in [5, 5.41) is 0.801. The number of nitrogens with one attached hydrogen (secondary N) is 1. The number of fused-ring (bicyclic) bond motifs is 1. The van der Waals surface area contributed by atoms with Crippen LogP contribution in [0.5, 0.6) is 6.01 Å². The number of nitrogens with two attached hydrogens (primary N) is 1. The summed E-state index contributed by atoms with van der Waals surface area (Å²) < 4.78 is 6.51. The molecule has 1 atom stereocenters. The van der Waals surface area contributed by atoms with Gasteiger partial charge in [-0.05, 0) is 35.3 Å². The normalized spacial score (nSPS) is 12.8. The van der Waals surface area contributed by atoms with Crippen LogP contribution in [0.25, 0.3) is 11.0 Å². The largest absolute Gasteiger partial charge is 0.460 e. The van der Waals surface area contributed by atoms with E-state index in [4.69, 9.17) is 10.5 Å². The molecule has 0 saturated carbocycles. The Hall–Kier alpha value is -1.30. The average molecular weight is 313 g/mol. The number of halogens is 1. The molecule has 0 fully saturated rings. The van der Waals surface area contributed by atoms with Crippen LogP contribution in [0.1, 0.15) is 33.1 Å². The maximum Gasteiger partial charge on any atom is 0.320 e. The van der Waals surface area contributed by atoms with Crippen LogP contribution in [0.2, 0.25) is 0 Å². The van der Waals surface area contributed by atoms with Crippen molar-refractivity contribution >= 4 is 32.8 Å². The molecule has 2 rings (SSSR count). The number of rotatable bonds is 5. The first-order valence-electron chi connectivity index (χ1n) is 6.08. The van der Waals surface area contributed by atoms with E-state index in [1.54, 1.807) is 0 Å². The Morgan fingerprint density at radius 2 is 2.28 bits per heavy atom. The smallest absolute Gasteiger partial charge is 0.320 e. The Kier molecular flexibility index (Phi) is 4.06. The Morgan fingerprint density at radius 1 is 1.50 bits per heavy atom. The fourth-order valence-corrected chi connectivity index (χ4v) is 2.18. The number of anilines is 1. The quantitative estimate of drug-likeness (QED) is 0.888. The van der Waals surface area contributed by atoms with Gasteiger partial charge in [0.1, 0.15) is 11.5 Å². The second-order valence-electron chi connectivity index (χ2n) is 4.34. The van der Waals surface area contributed by atoms with Crippen molar-refractivity contribution in [3.8, 4) is 6.01 Å². The number of aromatic amines is 1. The highest BCUT2D eigenvalue weighted by Gasteiger charge is 2.11. The van der Waals surface area contributed by atoms with E-state index < -0.39 is 0 Å². The summed E-state index contributed by atoms with van der Waals surface area (Å²) in [6, 6.07) is 2.19. The van der Waals surface area contributed by atoms with Gasteiger partial charge in [0.2, 0.25) is 0 Å². The van der Waals surface area contributed by atoms with Crippen LogP contribution in [0.3, 0.4) is 0 Å². The van der Waals surface area contributed by atoms with Crippen LogP contribution in [0.15, 0.2) is 10.7 Å². The van der Waals surface area contributed by atoms with Crippen LogP contribution in [0, 0.1) is 0 Å². The van der Waals surface area contributed by atoms with Crippen molar-refractivity contribution < 1.29 is 4.74 Å². The van der Waals surface area contributed by atoms with E-state index in [1.165, 1.54) is 0 Å². The molecule has 0 aliphatic heterocycles. The Morgan fingerprint density at radius 3 is 3.00 bits per heavy atom. The van der Waals surface area contributed by atoms with Crippen molar-refractivity contribution in [2.45, 2.75) is 39.2 Å². The molecular formula is C12H17BrN4O. The predicted octanol–water partition coefficient (Wildman–Crippen LogP) is 3.26. The number of unbranched alkanes of at least 4 members (excludes halogenated alkanes) is 1. The molecular weight excluding hydrogens is 296 g/mol. The van der Waals surface area contributed by atoms with Crippen LogP contribution in [-0.2, 0) is 0 Å². The molecule has 0 bridgehead atoms. The van der Waals surface area contributed by atoms with Gasteiger partial charge in [-0.1, -0.05) is 19.8 Å². The highest BCUT2D eigenvalue weighted by molar-refractivity contribution is 9.10. The van der Waals surface area contributed by atoms with E-state index in [0.29, 0.717) is 17.5 Å². The third-order valence-electron chi connectivity index (χ3n) is 2.73. The van der Waals surface area contributed by atoms with Gasteiger partial charge in [0, 0.05) is 0 Å². The molecule has 98 valence electrons.